The molecule has 1 unspecified atom stereocenters. The van der Waals surface area contributed by atoms with Crippen molar-refractivity contribution in [2.45, 2.75) is 53.4 Å². The van der Waals surface area contributed by atoms with Gasteiger partial charge in [0.15, 0.2) is 5.78 Å². The van der Waals surface area contributed by atoms with E-state index in [9.17, 15) is 4.79 Å². The van der Waals surface area contributed by atoms with E-state index in [4.69, 9.17) is 0 Å². The van der Waals surface area contributed by atoms with Crippen molar-refractivity contribution < 1.29 is 4.79 Å². The molecular formula is C13H22O. The van der Waals surface area contributed by atoms with Gasteiger partial charge >= 0.3 is 0 Å². The lowest BCUT2D eigenvalue weighted by atomic mass is 9.70. The normalized spacial score (nSPS) is 23.1. The molecule has 1 rings (SSSR count). The second-order valence-corrected chi connectivity index (χ2v) is 5.10. The molecule has 0 heterocycles. The van der Waals surface area contributed by atoms with E-state index in [1.165, 1.54) is 12.8 Å². The van der Waals surface area contributed by atoms with Crippen LogP contribution >= 0.6 is 0 Å². The minimum atomic E-state index is 0.262. The van der Waals surface area contributed by atoms with Gasteiger partial charge in [-0.15, -0.1) is 0 Å². The molecule has 1 aliphatic rings. The first-order valence-electron chi connectivity index (χ1n) is 5.67. The standard InChI is InChI=1S/C13H22O/c1-5-13(3,4)12-8-6-11(7-9-12)10(2)14/h6,12H,5,7-9H2,1-4H3. The third-order valence-electron chi connectivity index (χ3n) is 3.88. The van der Waals surface area contributed by atoms with Gasteiger partial charge in [-0.3, -0.25) is 4.79 Å². The molecule has 0 fully saturated rings. The molecule has 1 aliphatic carbocycles. The van der Waals surface area contributed by atoms with E-state index in [0.29, 0.717) is 5.41 Å². The molecule has 0 spiro atoms. The minimum absolute atomic E-state index is 0.262. The summed E-state index contributed by atoms with van der Waals surface area (Å²) in [6.45, 7) is 8.61. The lowest BCUT2D eigenvalue weighted by Crippen LogP contribution is -2.25. The van der Waals surface area contributed by atoms with Crippen LogP contribution in [0.4, 0.5) is 0 Å². The topological polar surface area (TPSA) is 17.1 Å². The van der Waals surface area contributed by atoms with Crippen LogP contribution in [-0.4, -0.2) is 5.78 Å². The lowest BCUT2D eigenvalue weighted by Gasteiger charge is -2.35. The Hall–Kier alpha value is -0.590. The van der Waals surface area contributed by atoms with E-state index in [1.807, 2.05) is 0 Å². The van der Waals surface area contributed by atoms with Gasteiger partial charge in [0.1, 0.15) is 0 Å². The average Bonchev–Trinajstić information content (AvgIpc) is 2.18. The molecule has 80 valence electrons. The first kappa shape index (κ1) is 11.5. The molecule has 1 nitrogen and oxygen atoms in total. The highest BCUT2D eigenvalue weighted by Crippen LogP contribution is 2.39. The van der Waals surface area contributed by atoms with Gasteiger partial charge in [0.05, 0.1) is 0 Å². The Bertz CT molecular complexity index is 248. The van der Waals surface area contributed by atoms with Crippen LogP contribution in [0.25, 0.3) is 0 Å². The van der Waals surface area contributed by atoms with Gasteiger partial charge in [0.25, 0.3) is 0 Å². The Morgan fingerprint density at radius 3 is 2.57 bits per heavy atom. The smallest absolute Gasteiger partial charge is 0.155 e. The summed E-state index contributed by atoms with van der Waals surface area (Å²) >= 11 is 0. The first-order chi connectivity index (χ1) is 6.47. The maximum absolute atomic E-state index is 11.2. The van der Waals surface area contributed by atoms with Gasteiger partial charge in [-0.25, -0.2) is 0 Å². The fourth-order valence-corrected chi connectivity index (χ4v) is 2.15. The van der Waals surface area contributed by atoms with Gasteiger partial charge in [0.2, 0.25) is 0 Å². The average molecular weight is 194 g/mol. The molecule has 0 aromatic carbocycles. The van der Waals surface area contributed by atoms with E-state index in [1.54, 1.807) is 6.92 Å². The van der Waals surface area contributed by atoms with Crippen LogP contribution in [0.15, 0.2) is 11.6 Å². The van der Waals surface area contributed by atoms with Crippen LogP contribution in [0.1, 0.15) is 53.4 Å². The van der Waals surface area contributed by atoms with Crippen molar-refractivity contribution in [2.75, 3.05) is 0 Å². The Kier molecular flexibility index (Phi) is 3.52. The number of carbonyl (C=O) groups excluding carboxylic acids is 1. The fourth-order valence-electron chi connectivity index (χ4n) is 2.15. The summed E-state index contributed by atoms with van der Waals surface area (Å²) in [5, 5.41) is 0. The molecule has 0 aliphatic heterocycles. The van der Waals surface area contributed by atoms with Gasteiger partial charge < -0.3 is 0 Å². The largest absolute Gasteiger partial charge is 0.295 e. The van der Waals surface area contributed by atoms with Crippen LogP contribution in [-0.2, 0) is 4.79 Å². The third kappa shape index (κ3) is 2.46. The molecule has 0 amide bonds. The van der Waals surface area contributed by atoms with Crippen LogP contribution < -0.4 is 0 Å². The molecule has 1 heteroatoms. The van der Waals surface area contributed by atoms with Crippen LogP contribution in [0.5, 0.6) is 0 Å². The zero-order chi connectivity index (χ0) is 10.8. The van der Waals surface area contributed by atoms with E-state index in [2.05, 4.69) is 26.8 Å². The van der Waals surface area contributed by atoms with Gasteiger partial charge in [-0.1, -0.05) is 33.3 Å². The monoisotopic (exact) mass is 194 g/mol. The van der Waals surface area contributed by atoms with Crippen molar-refractivity contribution in [1.82, 2.24) is 0 Å². The van der Waals surface area contributed by atoms with Crippen LogP contribution in [0.2, 0.25) is 0 Å². The summed E-state index contributed by atoms with van der Waals surface area (Å²) in [6.07, 6.45) is 6.65. The fraction of sp³-hybridized carbons (Fsp3) is 0.769. The van der Waals surface area contributed by atoms with E-state index in [0.717, 1.165) is 24.3 Å². The van der Waals surface area contributed by atoms with Crippen molar-refractivity contribution in [1.29, 1.82) is 0 Å². The molecule has 0 aromatic heterocycles. The van der Waals surface area contributed by atoms with Gasteiger partial charge in [-0.05, 0) is 43.1 Å². The predicted octanol–water partition coefficient (Wildman–Crippen LogP) is 3.74. The summed E-state index contributed by atoms with van der Waals surface area (Å²) in [4.78, 5) is 11.2. The zero-order valence-corrected chi connectivity index (χ0v) is 9.89. The summed E-state index contributed by atoms with van der Waals surface area (Å²) in [6, 6.07) is 0. The molecule has 0 aromatic rings. The molecule has 0 N–H and O–H groups in total. The van der Waals surface area contributed by atoms with Crippen LogP contribution in [0.3, 0.4) is 0 Å². The summed E-state index contributed by atoms with van der Waals surface area (Å²) < 4.78 is 0. The highest BCUT2D eigenvalue weighted by Gasteiger charge is 2.29. The number of hydrogen-bond acceptors (Lipinski definition) is 1. The second-order valence-electron chi connectivity index (χ2n) is 5.10. The number of ketones is 1. The van der Waals surface area contributed by atoms with E-state index in [-0.39, 0.29) is 5.78 Å². The summed E-state index contributed by atoms with van der Waals surface area (Å²) in [7, 11) is 0. The number of hydrogen-bond donors (Lipinski definition) is 0. The SMILES string of the molecule is CCC(C)(C)C1CC=C(C(C)=O)CC1. The molecule has 0 radical (unpaired) electrons. The molecule has 0 saturated carbocycles. The number of allylic oxidation sites excluding steroid dienone is 2. The van der Waals surface area contributed by atoms with Crippen LogP contribution in [0, 0.1) is 11.3 Å². The number of carbonyl (C=O) groups is 1. The second kappa shape index (κ2) is 4.29. The van der Waals surface area contributed by atoms with Gasteiger partial charge in [-0.2, -0.15) is 0 Å². The lowest BCUT2D eigenvalue weighted by molar-refractivity contribution is -0.113. The Morgan fingerprint density at radius 1 is 1.57 bits per heavy atom. The molecular weight excluding hydrogens is 172 g/mol. The highest BCUT2D eigenvalue weighted by molar-refractivity contribution is 5.93. The molecule has 0 bridgehead atoms. The summed E-state index contributed by atoms with van der Waals surface area (Å²) in [5.74, 6) is 1.02. The van der Waals surface area contributed by atoms with Gasteiger partial charge in [0, 0.05) is 0 Å². The minimum Gasteiger partial charge on any atom is -0.295 e. The maximum atomic E-state index is 11.2. The first-order valence-corrected chi connectivity index (χ1v) is 5.67. The highest BCUT2D eigenvalue weighted by atomic mass is 16.1. The maximum Gasteiger partial charge on any atom is 0.155 e. The zero-order valence-electron chi connectivity index (χ0n) is 9.89. The Labute approximate surface area is 87.6 Å². The van der Waals surface area contributed by atoms with E-state index < -0.39 is 0 Å². The molecule has 14 heavy (non-hydrogen) atoms. The third-order valence-corrected chi connectivity index (χ3v) is 3.88. The van der Waals surface area contributed by atoms with Crippen molar-refractivity contribution >= 4 is 5.78 Å². The van der Waals surface area contributed by atoms with E-state index >= 15 is 0 Å². The number of Topliss-reactive ketones (excluding diaryl/α,β-unsaturated/α-hetero) is 1. The molecule has 1 atom stereocenters. The number of rotatable bonds is 3. The predicted molar refractivity (Wildman–Crippen MR) is 60.2 cm³/mol. The summed E-state index contributed by atoms with van der Waals surface area (Å²) in [5.41, 5.74) is 1.48. The Morgan fingerprint density at radius 2 is 2.21 bits per heavy atom. The van der Waals surface area contributed by atoms with Crippen molar-refractivity contribution in [3.05, 3.63) is 11.6 Å². The Balaban J connectivity index is 2.63. The van der Waals surface area contributed by atoms with Crippen molar-refractivity contribution in [3.63, 3.8) is 0 Å². The quantitative estimate of drug-likeness (QED) is 0.669. The molecule has 0 saturated heterocycles. The van der Waals surface area contributed by atoms with Crippen molar-refractivity contribution in [2.24, 2.45) is 11.3 Å². The van der Waals surface area contributed by atoms with Crippen molar-refractivity contribution in [3.8, 4) is 0 Å².